The van der Waals surface area contributed by atoms with Gasteiger partial charge in [-0.15, -0.1) is 0 Å². The number of nitrogens with one attached hydrogen (secondary N) is 1. The molecule has 7 heteroatoms. The lowest BCUT2D eigenvalue weighted by Gasteiger charge is -2.10. The SMILES string of the molecule is Cc1ccc(C)c(OCn2ccc(C(=O)Nc3ccc(Cl)c(Cl)c3)n2)c1. The maximum atomic E-state index is 12.3. The fourth-order valence-corrected chi connectivity index (χ4v) is 2.62. The van der Waals surface area contributed by atoms with Gasteiger partial charge in [-0.2, -0.15) is 5.10 Å². The van der Waals surface area contributed by atoms with E-state index in [0.29, 0.717) is 15.7 Å². The van der Waals surface area contributed by atoms with Crippen LogP contribution in [0.15, 0.2) is 48.7 Å². The third-order valence-electron chi connectivity index (χ3n) is 3.75. The molecule has 0 fully saturated rings. The molecule has 0 spiro atoms. The van der Waals surface area contributed by atoms with Crippen LogP contribution in [0.5, 0.6) is 5.75 Å². The lowest BCUT2D eigenvalue weighted by molar-refractivity contribution is 0.102. The zero-order chi connectivity index (χ0) is 18.7. The molecule has 0 atom stereocenters. The Morgan fingerprint density at radius 2 is 1.92 bits per heavy atom. The third kappa shape index (κ3) is 4.36. The van der Waals surface area contributed by atoms with Crippen molar-refractivity contribution in [3.63, 3.8) is 0 Å². The summed E-state index contributed by atoms with van der Waals surface area (Å²) in [4.78, 5) is 12.3. The summed E-state index contributed by atoms with van der Waals surface area (Å²) < 4.78 is 7.34. The molecule has 0 aliphatic rings. The predicted molar refractivity (Wildman–Crippen MR) is 103 cm³/mol. The van der Waals surface area contributed by atoms with Gasteiger partial charge in [0.05, 0.1) is 10.0 Å². The van der Waals surface area contributed by atoms with Gasteiger partial charge in [0.1, 0.15) is 5.75 Å². The molecule has 0 bridgehead atoms. The van der Waals surface area contributed by atoms with Crippen molar-refractivity contribution in [2.24, 2.45) is 0 Å². The summed E-state index contributed by atoms with van der Waals surface area (Å²) in [6.07, 6.45) is 1.69. The molecule has 0 radical (unpaired) electrons. The molecule has 5 nitrogen and oxygen atoms in total. The number of amides is 1. The summed E-state index contributed by atoms with van der Waals surface area (Å²) >= 11 is 11.8. The number of aromatic nitrogens is 2. The molecule has 0 saturated carbocycles. The van der Waals surface area contributed by atoms with Gasteiger partial charge in [-0.1, -0.05) is 35.3 Å². The average Bonchev–Trinajstić information content (AvgIpc) is 3.08. The Hall–Kier alpha value is -2.50. The van der Waals surface area contributed by atoms with Crippen molar-refractivity contribution in [2.75, 3.05) is 5.32 Å². The van der Waals surface area contributed by atoms with Crippen molar-refractivity contribution in [3.8, 4) is 5.75 Å². The maximum Gasteiger partial charge on any atom is 0.276 e. The Kier molecular flexibility index (Phi) is 5.49. The van der Waals surface area contributed by atoms with Crippen LogP contribution in [0.25, 0.3) is 0 Å². The van der Waals surface area contributed by atoms with Gasteiger partial charge in [0, 0.05) is 11.9 Å². The van der Waals surface area contributed by atoms with Gasteiger partial charge < -0.3 is 10.1 Å². The van der Waals surface area contributed by atoms with Crippen LogP contribution in [0.4, 0.5) is 5.69 Å². The largest absolute Gasteiger partial charge is 0.471 e. The minimum absolute atomic E-state index is 0.213. The Balaban J connectivity index is 1.64. The van der Waals surface area contributed by atoms with Crippen molar-refractivity contribution >= 4 is 34.8 Å². The molecule has 3 rings (SSSR count). The molecular weight excluding hydrogens is 373 g/mol. The highest BCUT2D eigenvalue weighted by Gasteiger charge is 2.11. The number of ether oxygens (including phenoxy) is 1. The van der Waals surface area contributed by atoms with Crippen molar-refractivity contribution in [2.45, 2.75) is 20.6 Å². The minimum atomic E-state index is -0.339. The molecule has 0 saturated heterocycles. The Labute approximate surface area is 161 Å². The standard InChI is InChI=1S/C19H17Cl2N3O2/c1-12-3-4-13(2)18(9-12)26-11-24-8-7-17(23-24)19(25)22-14-5-6-15(20)16(21)10-14/h3-10H,11H2,1-2H3,(H,22,25). The molecule has 134 valence electrons. The first kappa shape index (κ1) is 18.3. The molecule has 0 unspecified atom stereocenters. The van der Waals surface area contributed by atoms with Crippen LogP contribution in [0.3, 0.4) is 0 Å². The fourth-order valence-electron chi connectivity index (χ4n) is 2.32. The summed E-state index contributed by atoms with van der Waals surface area (Å²) in [7, 11) is 0. The lowest BCUT2D eigenvalue weighted by Crippen LogP contribution is -2.14. The van der Waals surface area contributed by atoms with E-state index in [2.05, 4.69) is 10.4 Å². The second-order valence-corrected chi connectivity index (χ2v) is 6.68. The van der Waals surface area contributed by atoms with E-state index in [1.54, 1.807) is 35.1 Å². The number of rotatable bonds is 5. The molecule has 1 heterocycles. The Morgan fingerprint density at radius 1 is 1.12 bits per heavy atom. The molecule has 0 aliphatic carbocycles. The minimum Gasteiger partial charge on any atom is -0.471 e. The highest BCUT2D eigenvalue weighted by molar-refractivity contribution is 6.42. The fraction of sp³-hybridized carbons (Fsp3) is 0.158. The Morgan fingerprint density at radius 3 is 2.69 bits per heavy atom. The average molecular weight is 390 g/mol. The molecule has 1 aromatic heterocycles. The van der Waals surface area contributed by atoms with Gasteiger partial charge in [-0.25, -0.2) is 4.68 Å². The van der Waals surface area contributed by atoms with E-state index in [9.17, 15) is 4.79 Å². The molecule has 3 aromatic rings. The number of anilines is 1. The highest BCUT2D eigenvalue weighted by Crippen LogP contribution is 2.25. The predicted octanol–water partition coefficient (Wildman–Crippen LogP) is 5.10. The maximum absolute atomic E-state index is 12.3. The number of carbonyl (C=O) groups is 1. The van der Waals surface area contributed by atoms with Crippen molar-refractivity contribution in [3.05, 3.63) is 75.5 Å². The van der Waals surface area contributed by atoms with Gasteiger partial charge >= 0.3 is 0 Å². The first-order chi connectivity index (χ1) is 12.4. The number of benzene rings is 2. The third-order valence-corrected chi connectivity index (χ3v) is 4.49. The van der Waals surface area contributed by atoms with Gasteiger partial charge in [0.2, 0.25) is 0 Å². The number of hydrogen-bond acceptors (Lipinski definition) is 3. The number of carbonyl (C=O) groups excluding carboxylic acids is 1. The van der Waals surface area contributed by atoms with E-state index in [1.807, 2.05) is 32.0 Å². The molecule has 2 aromatic carbocycles. The summed E-state index contributed by atoms with van der Waals surface area (Å²) in [5.41, 5.74) is 2.99. The molecule has 26 heavy (non-hydrogen) atoms. The summed E-state index contributed by atoms with van der Waals surface area (Å²) in [6.45, 7) is 4.20. The van der Waals surface area contributed by atoms with Crippen LogP contribution in [0.1, 0.15) is 21.6 Å². The topological polar surface area (TPSA) is 56.1 Å². The first-order valence-corrected chi connectivity index (χ1v) is 8.68. The van der Waals surface area contributed by atoms with E-state index in [4.69, 9.17) is 27.9 Å². The zero-order valence-electron chi connectivity index (χ0n) is 14.3. The van der Waals surface area contributed by atoms with E-state index in [-0.39, 0.29) is 18.3 Å². The molecular formula is C19H17Cl2N3O2. The van der Waals surface area contributed by atoms with E-state index >= 15 is 0 Å². The van der Waals surface area contributed by atoms with Gasteiger partial charge in [0.25, 0.3) is 5.91 Å². The van der Waals surface area contributed by atoms with Crippen LogP contribution >= 0.6 is 23.2 Å². The zero-order valence-corrected chi connectivity index (χ0v) is 15.8. The number of aryl methyl sites for hydroxylation is 2. The van der Waals surface area contributed by atoms with Gasteiger partial charge in [0.15, 0.2) is 12.4 Å². The monoisotopic (exact) mass is 389 g/mol. The van der Waals surface area contributed by atoms with Gasteiger partial charge in [-0.05, 0) is 55.3 Å². The van der Waals surface area contributed by atoms with Crippen molar-refractivity contribution < 1.29 is 9.53 Å². The first-order valence-electron chi connectivity index (χ1n) is 7.92. The molecule has 1 amide bonds. The second-order valence-electron chi connectivity index (χ2n) is 5.87. The van der Waals surface area contributed by atoms with E-state index < -0.39 is 0 Å². The van der Waals surface area contributed by atoms with Crippen molar-refractivity contribution in [1.29, 1.82) is 0 Å². The summed E-state index contributed by atoms with van der Waals surface area (Å²) in [5.74, 6) is 0.455. The summed E-state index contributed by atoms with van der Waals surface area (Å²) in [5, 5.41) is 7.77. The van der Waals surface area contributed by atoms with Crippen LogP contribution < -0.4 is 10.1 Å². The van der Waals surface area contributed by atoms with E-state index in [0.717, 1.165) is 16.9 Å². The van der Waals surface area contributed by atoms with Gasteiger partial charge in [-0.3, -0.25) is 4.79 Å². The highest BCUT2D eigenvalue weighted by atomic mass is 35.5. The van der Waals surface area contributed by atoms with Crippen LogP contribution in [-0.4, -0.2) is 15.7 Å². The van der Waals surface area contributed by atoms with Crippen LogP contribution in [0, 0.1) is 13.8 Å². The molecule has 1 N–H and O–H groups in total. The Bertz CT molecular complexity index is 954. The number of halogens is 2. The normalized spacial score (nSPS) is 10.6. The quantitative estimate of drug-likeness (QED) is 0.660. The number of hydrogen-bond donors (Lipinski definition) is 1. The summed E-state index contributed by atoms with van der Waals surface area (Å²) in [6, 6.07) is 12.5. The van der Waals surface area contributed by atoms with Crippen LogP contribution in [0.2, 0.25) is 10.0 Å². The van der Waals surface area contributed by atoms with Crippen molar-refractivity contribution in [1.82, 2.24) is 9.78 Å². The number of nitrogens with zero attached hydrogens (tertiary/aromatic N) is 2. The van der Waals surface area contributed by atoms with E-state index in [1.165, 1.54) is 0 Å². The smallest absolute Gasteiger partial charge is 0.276 e. The second kappa shape index (κ2) is 7.81. The van der Waals surface area contributed by atoms with Crippen LogP contribution in [-0.2, 0) is 6.73 Å². The molecule has 0 aliphatic heterocycles. The lowest BCUT2D eigenvalue weighted by atomic mass is 10.1.